The molecule has 1 amide bonds. The van der Waals surface area contributed by atoms with E-state index >= 15 is 0 Å². The lowest BCUT2D eigenvalue weighted by molar-refractivity contribution is -0.123. The van der Waals surface area contributed by atoms with Gasteiger partial charge in [0.2, 0.25) is 5.91 Å². The Balaban J connectivity index is 1.58. The van der Waals surface area contributed by atoms with Crippen LogP contribution in [0.1, 0.15) is 24.1 Å². The second-order valence-corrected chi connectivity index (χ2v) is 4.72. The Bertz CT molecular complexity index is 602. The molecule has 3 heterocycles. The Hall–Kier alpha value is -2.22. The first-order valence-electron chi connectivity index (χ1n) is 6.66. The number of H-pyrrole nitrogens is 1. The minimum Gasteiger partial charge on any atom is -0.347 e. The maximum Gasteiger partial charge on any atom is 0.237 e. The SMILES string of the molecule is CCn1cnnc1CNC(=O)C1Cc2nc[nH]c2CN1. The zero-order valence-electron chi connectivity index (χ0n) is 11.3. The van der Waals surface area contributed by atoms with Gasteiger partial charge in [-0.2, -0.15) is 0 Å². The second kappa shape index (κ2) is 5.41. The highest BCUT2D eigenvalue weighted by atomic mass is 16.2. The number of rotatable bonds is 4. The summed E-state index contributed by atoms with van der Waals surface area (Å²) >= 11 is 0. The number of nitrogens with zero attached hydrogens (tertiary/aromatic N) is 4. The third-order valence-electron chi connectivity index (χ3n) is 3.50. The topological polar surface area (TPSA) is 101 Å². The van der Waals surface area contributed by atoms with Gasteiger partial charge < -0.3 is 14.9 Å². The number of hydrogen-bond acceptors (Lipinski definition) is 5. The van der Waals surface area contributed by atoms with E-state index in [0.29, 0.717) is 19.5 Å². The number of nitrogens with one attached hydrogen (secondary N) is 3. The summed E-state index contributed by atoms with van der Waals surface area (Å²) in [5.74, 6) is 0.724. The minimum atomic E-state index is -0.246. The van der Waals surface area contributed by atoms with Crippen molar-refractivity contribution in [1.29, 1.82) is 0 Å². The molecule has 1 atom stereocenters. The van der Waals surface area contributed by atoms with Gasteiger partial charge in [0.15, 0.2) is 5.82 Å². The van der Waals surface area contributed by atoms with E-state index in [-0.39, 0.29) is 11.9 Å². The Morgan fingerprint density at radius 1 is 1.60 bits per heavy atom. The van der Waals surface area contributed by atoms with E-state index in [4.69, 9.17) is 0 Å². The number of aromatic amines is 1. The van der Waals surface area contributed by atoms with Gasteiger partial charge in [-0.05, 0) is 6.92 Å². The van der Waals surface area contributed by atoms with Gasteiger partial charge in [-0.3, -0.25) is 10.1 Å². The van der Waals surface area contributed by atoms with E-state index in [1.807, 2.05) is 11.5 Å². The summed E-state index contributed by atoms with van der Waals surface area (Å²) < 4.78 is 1.90. The maximum atomic E-state index is 12.2. The quantitative estimate of drug-likeness (QED) is 0.688. The number of hydrogen-bond donors (Lipinski definition) is 3. The Labute approximate surface area is 116 Å². The van der Waals surface area contributed by atoms with Crippen molar-refractivity contribution in [3.8, 4) is 0 Å². The third kappa shape index (κ3) is 2.42. The van der Waals surface area contributed by atoms with Gasteiger partial charge >= 0.3 is 0 Å². The molecule has 1 unspecified atom stereocenters. The highest BCUT2D eigenvalue weighted by Gasteiger charge is 2.25. The molecule has 1 aliphatic heterocycles. The van der Waals surface area contributed by atoms with Gasteiger partial charge in [0.05, 0.1) is 30.3 Å². The molecule has 8 heteroatoms. The van der Waals surface area contributed by atoms with Crippen molar-refractivity contribution in [2.75, 3.05) is 0 Å². The van der Waals surface area contributed by atoms with Crippen LogP contribution in [-0.2, 0) is 30.8 Å². The maximum absolute atomic E-state index is 12.2. The zero-order valence-corrected chi connectivity index (χ0v) is 11.3. The first-order chi connectivity index (χ1) is 9.78. The first kappa shape index (κ1) is 12.8. The van der Waals surface area contributed by atoms with E-state index in [0.717, 1.165) is 23.8 Å². The normalized spacial score (nSPS) is 17.8. The van der Waals surface area contributed by atoms with E-state index < -0.39 is 0 Å². The molecule has 20 heavy (non-hydrogen) atoms. The average Bonchev–Trinajstić information content (AvgIpc) is 3.12. The molecule has 2 aromatic heterocycles. The lowest BCUT2D eigenvalue weighted by Crippen LogP contribution is -2.47. The van der Waals surface area contributed by atoms with Crippen LogP contribution in [0.5, 0.6) is 0 Å². The van der Waals surface area contributed by atoms with Crippen LogP contribution >= 0.6 is 0 Å². The van der Waals surface area contributed by atoms with E-state index in [1.54, 1.807) is 12.7 Å². The summed E-state index contributed by atoms with van der Waals surface area (Å²) in [5, 5.41) is 13.9. The lowest BCUT2D eigenvalue weighted by atomic mass is 10.0. The highest BCUT2D eigenvalue weighted by Crippen LogP contribution is 2.12. The Morgan fingerprint density at radius 3 is 3.35 bits per heavy atom. The molecular formula is C12H17N7O. The monoisotopic (exact) mass is 275 g/mol. The van der Waals surface area contributed by atoms with Gasteiger partial charge in [0.25, 0.3) is 0 Å². The van der Waals surface area contributed by atoms with Gasteiger partial charge in [0.1, 0.15) is 6.33 Å². The molecular weight excluding hydrogens is 258 g/mol. The molecule has 0 aliphatic carbocycles. The van der Waals surface area contributed by atoms with Crippen LogP contribution in [0.15, 0.2) is 12.7 Å². The molecule has 3 rings (SSSR count). The van der Waals surface area contributed by atoms with E-state index in [1.165, 1.54) is 0 Å². The number of imidazole rings is 1. The minimum absolute atomic E-state index is 0.0377. The number of fused-ring (bicyclic) bond motifs is 1. The Kier molecular flexibility index (Phi) is 3.46. The fourth-order valence-electron chi connectivity index (χ4n) is 2.32. The van der Waals surface area contributed by atoms with Crippen molar-refractivity contribution in [2.45, 2.75) is 39.0 Å². The highest BCUT2D eigenvalue weighted by molar-refractivity contribution is 5.82. The fourth-order valence-corrected chi connectivity index (χ4v) is 2.32. The molecule has 8 nitrogen and oxygen atoms in total. The van der Waals surface area contributed by atoms with Crippen molar-refractivity contribution in [2.24, 2.45) is 0 Å². The van der Waals surface area contributed by atoms with Crippen molar-refractivity contribution >= 4 is 5.91 Å². The van der Waals surface area contributed by atoms with Gasteiger partial charge in [-0.25, -0.2) is 4.98 Å². The van der Waals surface area contributed by atoms with Crippen molar-refractivity contribution in [3.63, 3.8) is 0 Å². The van der Waals surface area contributed by atoms with Crippen LogP contribution < -0.4 is 10.6 Å². The third-order valence-corrected chi connectivity index (χ3v) is 3.50. The lowest BCUT2D eigenvalue weighted by Gasteiger charge is -2.22. The summed E-state index contributed by atoms with van der Waals surface area (Å²) in [6.07, 6.45) is 3.93. The summed E-state index contributed by atoms with van der Waals surface area (Å²) in [7, 11) is 0. The number of aryl methyl sites for hydroxylation is 1. The molecule has 3 N–H and O–H groups in total. The summed E-state index contributed by atoms with van der Waals surface area (Å²) in [6.45, 7) is 3.82. The Morgan fingerprint density at radius 2 is 2.50 bits per heavy atom. The van der Waals surface area contributed by atoms with Crippen molar-refractivity contribution < 1.29 is 4.79 Å². The van der Waals surface area contributed by atoms with Crippen LogP contribution in [0, 0.1) is 0 Å². The number of carbonyl (C=O) groups is 1. The van der Waals surface area contributed by atoms with Crippen molar-refractivity contribution in [1.82, 2.24) is 35.4 Å². The van der Waals surface area contributed by atoms with Crippen LogP contribution in [-0.4, -0.2) is 36.7 Å². The summed E-state index contributed by atoms with van der Waals surface area (Å²) in [4.78, 5) is 19.4. The molecule has 2 aromatic rings. The molecule has 0 aromatic carbocycles. The molecule has 0 saturated carbocycles. The summed E-state index contributed by atoms with van der Waals surface area (Å²) in [5.41, 5.74) is 2.01. The van der Waals surface area contributed by atoms with Crippen LogP contribution in [0.2, 0.25) is 0 Å². The van der Waals surface area contributed by atoms with Gasteiger partial charge in [0, 0.05) is 19.5 Å². The molecule has 0 fully saturated rings. The predicted octanol–water partition coefficient (Wildman–Crippen LogP) is -0.648. The fraction of sp³-hybridized carbons (Fsp3) is 0.500. The molecule has 106 valence electrons. The second-order valence-electron chi connectivity index (χ2n) is 4.72. The van der Waals surface area contributed by atoms with Crippen molar-refractivity contribution in [3.05, 3.63) is 29.9 Å². The average molecular weight is 275 g/mol. The number of carbonyl (C=O) groups excluding carboxylic acids is 1. The molecule has 1 aliphatic rings. The van der Waals surface area contributed by atoms with Gasteiger partial charge in [-0.1, -0.05) is 0 Å². The van der Waals surface area contributed by atoms with Crippen LogP contribution in [0.25, 0.3) is 0 Å². The summed E-state index contributed by atoms with van der Waals surface area (Å²) in [6, 6.07) is -0.246. The number of aromatic nitrogens is 5. The largest absolute Gasteiger partial charge is 0.347 e. The first-order valence-corrected chi connectivity index (χ1v) is 6.66. The molecule has 0 spiro atoms. The zero-order chi connectivity index (χ0) is 13.9. The standard InChI is InChI=1S/C12H17N7O/c1-2-19-7-17-18-11(19)5-14-12(20)9-3-8-10(4-13-9)16-6-15-8/h6-7,9,13H,2-5H2,1H3,(H,14,20)(H,15,16). The molecule has 0 radical (unpaired) electrons. The van der Waals surface area contributed by atoms with E-state index in [9.17, 15) is 4.79 Å². The van der Waals surface area contributed by atoms with Crippen LogP contribution in [0.4, 0.5) is 0 Å². The van der Waals surface area contributed by atoms with Gasteiger partial charge in [-0.15, -0.1) is 10.2 Å². The van der Waals surface area contributed by atoms with E-state index in [2.05, 4.69) is 30.8 Å². The van der Waals surface area contributed by atoms with Crippen LogP contribution in [0.3, 0.4) is 0 Å². The smallest absolute Gasteiger partial charge is 0.237 e. The number of amides is 1. The molecule has 0 saturated heterocycles. The molecule has 0 bridgehead atoms. The predicted molar refractivity (Wildman–Crippen MR) is 70.5 cm³/mol.